The SMILES string of the molecule is CCC1CCCC(NCC(=O)N(C)C)CC1. The molecule has 3 nitrogen and oxygen atoms in total. The zero-order valence-corrected chi connectivity index (χ0v) is 11.0. The zero-order chi connectivity index (χ0) is 12.0. The maximum atomic E-state index is 11.5. The van der Waals surface area contributed by atoms with Crippen molar-refractivity contribution in [2.75, 3.05) is 20.6 Å². The summed E-state index contributed by atoms with van der Waals surface area (Å²) in [6.07, 6.45) is 7.78. The fourth-order valence-electron chi connectivity index (χ4n) is 2.38. The van der Waals surface area contributed by atoms with Crippen LogP contribution in [0.25, 0.3) is 0 Å². The lowest BCUT2D eigenvalue weighted by molar-refractivity contribution is -0.127. The molecule has 1 aliphatic rings. The quantitative estimate of drug-likeness (QED) is 0.744. The van der Waals surface area contributed by atoms with E-state index in [9.17, 15) is 4.79 Å². The number of nitrogens with zero attached hydrogens (tertiary/aromatic N) is 1. The summed E-state index contributed by atoms with van der Waals surface area (Å²) in [4.78, 5) is 13.1. The van der Waals surface area contributed by atoms with E-state index in [1.54, 1.807) is 4.90 Å². The number of hydrogen-bond donors (Lipinski definition) is 1. The van der Waals surface area contributed by atoms with Crippen LogP contribution in [0.5, 0.6) is 0 Å². The van der Waals surface area contributed by atoms with E-state index in [0.29, 0.717) is 12.6 Å². The predicted octanol–water partition coefficient (Wildman–Crippen LogP) is 2.02. The van der Waals surface area contributed by atoms with Gasteiger partial charge in [0.2, 0.25) is 5.91 Å². The largest absolute Gasteiger partial charge is 0.348 e. The van der Waals surface area contributed by atoms with E-state index in [0.717, 1.165) is 5.92 Å². The van der Waals surface area contributed by atoms with Crippen molar-refractivity contribution in [2.45, 2.75) is 51.5 Å². The third kappa shape index (κ3) is 4.52. The molecule has 0 aromatic heterocycles. The maximum Gasteiger partial charge on any atom is 0.236 e. The summed E-state index contributed by atoms with van der Waals surface area (Å²) >= 11 is 0. The summed E-state index contributed by atoms with van der Waals surface area (Å²) in [6.45, 7) is 2.78. The van der Waals surface area contributed by atoms with E-state index in [1.807, 2.05) is 14.1 Å². The molecule has 1 amide bonds. The Morgan fingerprint density at radius 3 is 2.62 bits per heavy atom. The lowest BCUT2D eigenvalue weighted by Gasteiger charge is -2.18. The van der Waals surface area contributed by atoms with E-state index >= 15 is 0 Å². The summed E-state index contributed by atoms with van der Waals surface area (Å²) in [6, 6.07) is 0.556. The summed E-state index contributed by atoms with van der Waals surface area (Å²) in [5, 5.41) is 3.40. The number of nitrogens with one attached hydrogen (secondary N) is 1. The third-order valence-electron chi connectivity index (χ3n) is 3.71. The van der Waals surface area contributed by atoms with Crippen molar-refractivity contribution in [1.82, 2.24) is 10.2 Å². The molecule has 1 fully saturated rings. The number of likely N-dealkylation sites (N-methyl/N-ethyl adjacent to an activating group) is 1. The van der Waals surface area contributed by atoms with Gasteiger partial charge in [-0.2, -0.15) is 0 Å². The van der Waals surface area contributed by atoms with Gasteiger partial charge >= 0.3 is 0 Å². The minimum atomic E-state index is 0.177. The molecule has 0 saturated heterocycles. The number of carbonyl (C=O) groups is 1. The van der Waals surface area contributed by atoms with Gasteiger partial charge in [0.1, 0.15) is 0 Å². The molecule has 2 unspecified atom stereocenters. The summed E-state index contributed by atoms with van der Waals surface area (Å²) in [5.41, 5.74) is 0. The van der Waals surface area contributed by atoms with Crippen molar-refractivity contribution in [3.63, 3.8) is 0 Å². The van der Waals surface area contributed by atoms with E-state index in [1.165, 1.54) is 38.5 Å². The first-order chi connectivity index (χ1) is 7.63. The highest BCUT2D eigenvalue weighted by atomic mass is 16.2. The highest BCUT2D eigenvalue weighted by Crippen LogP contribution is 2.25. The minimum absolute atomic E-state index is 0.177. The molecular weight excluding hydrogens is 200 g/mol. The van der Waals surface area contributed by atoms with Gasteiger partial charge in [-0.05, 0) is 25.2 Å². The first kappa shape index (κ1) is 13.5. The van der Waals surface area contributed by atoms with Gasteiger partial charge in [0, 0.05) is 20.1 Å². The van der Waals surface area contributed by atoms with Crippen molar-refractivity contribution in [3.05, 3.63) is 0 Å². The van der Waals surface area contributed by atoms with Crippen LogP contribution in [0, 0.1) is 5.92 Å². The molecule has 0 aliphatic heterocycles. The maximum absolute atomic E-state index is 11.5. The van der Waals surface area contributed by atoms with Crippen LogP contribution in [-0.2, 0) is 4.79 Å². The summed E-state index contributed by atoms with van der Waals surface area (Å²) in [7, 11) is 3.62. The van der Waals surface area contributed by atoms with Gasteiger partial charge in [0.25, 0.3) is 0 Å². The van der Waals surface area contributed by atoms with Gasteiger partial charge in [-0.25, -0.2) is 0 Å². The Hall–Kier alpha value is -0.570. The van der Waals surface area contributed by atoms with Crippen molar-refractivity contribution in [1.29, 1.82) is 0 Å². The topological polar surface area (TPSA) is 32.3 Å². The number of hydrogen-bond acceptors (Lipinski definition) is 2. The zero-order valence-electron chi connectivity index (χ0n) is 11.0. The number of carbonyl (C=O) groups excluding carboxylic acids is 1. The highest BCUT2D eigenvalue weighted by molar-refractivity contribution is 5.77. The van der Waals surface area contributed by atoms with Crippen LogP contribution < -0.4 is 5.32 Å². The highest BCUT2D eigenvalue weighted by Gasteiger charge is 2.18. The van der Waals surface area contributed by atoms with Crippen molar-refractivity contribution < 1.29 is 4.79 Å². The molecule has 0 spiro atoms. The van der Waals surface area contributed by atoms with Crippen molar-refractivity contribution in [3.8, 4) is 0 Å². The number of amides is 1. The molecule has 94 valence electrons. The van der Waals surface area contributed by atoms with Gasteiger partial charge in [-0.3, -0.25) is 4.79 Å². The summed E-state index contributed by atoms with van der Waals surface area (Å²) < 4.78 is 0. The predicted molar refractivity (Wildman–Crippen MR) is 67.4 cm³/mol. The van der Waals surface area contributed by atoms with Gasteiger partial charge in [0.15, 0.2) is 0 Å². The average molecular weight is 226 g/mol. The molecule has 1 saturated carbocycles. The molecule has 0 radical (unpaired) electrons. The first-order valence-corrected chi connectivity index (χ1v) is 6.57. The fraction of sp³-hybridized carbons (Fsp3) is 0.923. The second-order valence-electron chi connectivity index (χ2n) is 5.15. The van der Waals surface area contributed by atoms with Crippen LogP contribution >= 0.6 is 0 Å². The van der Waals surface area contributed by atoms with Gasteiger partial charge < -0.3 is 10.2 Å². The minimum Gasteiger partial charge on any atom is -0.348 e. The molecule has 0 heterocycles. The van der Waals surface area contributed by atoms with E-state index < -0.39 is 0 Å². The Labute approximate surface area is 99.6 Å². The Bertz CT molecular complexity index is 216. The van der Waals surface area contributed by atoms with Crippen LogP contribution in [0.2, 0.25) is 0 Å². The Morgan fingerprint density at radius 2 is 2.00 bits per heavy atom. The molecule has 16 heavy (non-hydrogen) atoms. The van der Waals surface area contributed by atoms with Crippen molar-refractivity contribution in [2.24, 2.45) is 5.92 Å². The normalized spacial score (nSPS) is 26.2. The first-order valence-electron chi connectivity index (χ1n) is 6.57. The lowest BCUT2D eigenvalue weighted by Crippen LogP contribution is -2.38. The molecule has 0 bridgehead atoms. The molecule has 0 aromatic carbocycles. The summed E-state index contributed by atoms with van der Waals surface area (Å²) in [5.74, 6) is 1.09. The van der Waals surface area contributed by atoms with Gasteiger partial charge in [0.05, 0.1) is 6.54 Å². The molecule has 3 heteroatoms. The average Bonchev–Trinajstić information content (AvgIpc) is 2.50. The van der Waals surface area contributed by atoms with Crippen LogP contribution in [-0.4, -0.2) is 37.5 Å². The van der Waals surface area contributed by atoms with E-state index in [-0.39, 0.29) is 5.91 Å². The van der Waals surface area contributed by atoms with Crippen LogP contribution in [0.3, 0.4) is 0 Å². The standard InChI is InChI=1S/C13H26N2O/c1-4-11-6-5-7-12(9-8-11)14-10-13(16)15(2)3/h11-12,14H,4-10H2,1-3H3. The smallest absolute Gasteiger partial charge is 0.236 e. The van der Waals surface area contributed by atoms with E-state index in [2.05, 4.69) is 12.2 Å². The van der Waals surface area contributed by atoms with Crippen LogP contribution in [0.4, 0.5) is 0 Å². The van der Waals surface area contributed by atoms with Gasteiger partial charge in [-0.1, -0.05) is 26.2 Å². The molecule has 2 atom stereocenters. The second-order valence-corrected chi connectivity index (χ2v) is 5.15. The molecule has 1 aliphatic carbocycles. The molecular formula is C13H26N2O. The molecule has 0 aromatic rings. The third-order valence-corrected chi connectivity index (χ3v) is 3.71. The van der Waals surface area contributed by atoms with Gasteiger partial charge in [-0.15, -0.1) is 0 Å². The number of rotatable bonds is 4. The van der Waals surface area contributed by atoms with Crippen LogP contribution in [0.15, 0.2) is 0 Å². The lowest BCUT2D eigenvalue weighted by atomic mass is 9.98. The Morgan fingerprint density at radius 1 is 1.25 bits per heavy atom. The monoisotopic (exact) mass is 226 g/mol. The Kier molecular flexibility index (Phi) is 5.81. The van der Waals surface area contributed by atoms with E-state index in [4.69, 9.17) is 0 Å². The van der Waals surface area contributed by atoms with Crippen LogP contribution in [0.1, 0.15) is 45.4 Å². The van der Waals surface area contributed by atoms with Crippen molar-refractivity contribution >= 4 is 5.91 Å². The fourth-order valence-corrected chi connectivity index (χ4v) is 2.38. The molecule has 1 N–H and O–H groups in total. The Balaban J connectivity index is 2.25. The molecule has 1 rings (SSSR count). The second kappa shape index (κ2) is 6.89.